The van der Waals surface area contributed by atoms with E-state index < -0.39 is 16.0 Å². The maximum atomic E-state index is 11.9. The van der Waals surface area contributed by atoms with Crippen molar-refractivity contribution in [1.82, 2.24) is 0 Å². The van der Waals surface area contributed by atoms with Crippen LogP contribution >= 0.6 is 0 Å². The van der Waals surface area contributed by atoms with Gasteiger partial charge in [-0.15, -0.1) is 0 Å². The molecule has 0 aliphatic heterocycles. The Kier molecular flexibility index (Phi) is 4.28. The van der Waals surface area contributed by atoms with Gasteiger partial charge in [-0.3, -0.25) is 4.31 Å². The monoisotopic (exact) mass is 304 g/mol. The van der Waals surface area contributed by atoms with Gasteiger partial charge in [-0.25, -0.2) is 8.42 Å². The van der Waals surface area contributed by atoms with Crippen LogP contribution in [0.5, 0.6) is 0 Å². The summed E-state index contributed by atoms with van der Waals surface area (Å²) >= 11 is 0. The SMILES string of the molecule is CS(=O)(=O)N(Cc1ccc(C(=O)[O-])cc1)c1ccccc1. The predicted molar refractivity (Wildman–Crippen MR) is 78.2 cm³/mol. The summed E-state index contributed by atoms with van der Waals surface area (Å²) in [5, 5.41) is 10.7. The largest absolute Gasteiger partial charge is 0.545 e. The minimum Gasteiger partial charge on any atom is -0.545 e. The molecule has 0 spiro atoms. The number of carboxylic acids is 1. The first-order valence-corrected chi connectivity index (χ1v) is 8.06. The molecule has 0 heterocycles. The van der Waals surface area contributed by atoms with E-state index in [1.165, 1.54) is 16.4 Å². The molecule has 110 valence electrons. The van der Waals surface area contributed by atoms with Crippen LogP contribution in [0.15, 0.2) is 54.6 Å². The molecule has 0 aromatic heterocycles. The fourth-order valence-corrected chi connectivity index (χ4v) is 2.79. The van der Waals surface area contributed by atoms with Crippen molar-refractivity contribution in [3.63, 3.8) is 0 Å². The van der Waals surface area contributed by atoms with Crippen LogP contribution in [0.3, 0.4) is 0 Å². The van der Waals surface area contributed by atoms with Gasteiger partial charge in [-0.05, 0) is 23.3 Å². The Balaban J connectivity index is 2.30. The number of benzene rings is 2. The van der Waals surface area contributed by atoms with Crippen LogP contribution < -0.4 is 9.41 Å². The van der Waals surface area contributed by atoms with Gasteiger partial charge in [-0.2, -0.15) is 0 Å². The van der Waals surface area contributed by atoms with Gasteiger partial charge in [0.2, 0.25) is 10.0 Å². The van der Waals surface area contributed by atoms with Gasteiger partial charge < -0.3 is 9.90 Å². The van der Waals surface area contributed by atoms with E-state index in [4.69, 9.17) is 0 Å². The molecular weight excluding hydrogens is 290 g/mol. The van der Waals surface area contributed by atoms with Gasteiger partial charge in [0.25, 0.3) is 0 Å². The number of nitrogens with zero attached hydrogens (tertiary/aromatic N) is 1. The third-order valence-electron chi connectivity index (χ3n) is 2.96. The maximum absolute atomic E-state index is 11.9. The van der Waals surface area contributed by atoms with Gasteiger partial charge in [0.15, 0.2) is 0 Å². The normalized spacial score (nSPS) is 11.1. The van der Waals surface area contributed by atoms with Crippen molar-refractivity contribution in [2.24, 2.45) is 0 Å². The molecular formula is C15H14NO4S-. The Bertz CT molecular complexity index is 724. The topological polar surface area (TPSA) is 77.5 Å². The van der Waals surface area contributed by atoms with Crippen molar-refractivity contribution in [2.75, 3.05) is 10.6 Å². The second-order valence-electron chi connectivity index (χ2n) is 4.59. The number of aromatic carboxylic acids is 1. The van der Waals surface area contributed by atoms with Crippen molar-refractivity contribution in [3.8, 4) is 0 Å². The lowest BCUT2D eigenvalue weighted by atomic mass is 10.1. The van der Waals surface area contributed by atoms with Gasteiger partial charge in [0.1, 0.15) is 0 Å². The summed E-state index contributed by atoms with van der Waals surface area (Å²) in [7, 11) is -3.44. The van der Waals surface area contributed by atoms with Crippen molar-refractivity contribution in [3.05, 3.63) is 65.7 Å². The van der Waals surface area contributed by atoms with Crippen LogP contribution in [0.1, 0.15) is 15.9 Å². The molecule has 5 nitrogen and oxygen atoms in total. The third-order valence-corrected chi connectivity index (χ3v) is 4.10. The number of carbonyl (C=O) groups excluding carboxylic acids is 1. The molecule has 0 saturated carbocycles. The molecule has 0 N–H and O–H groups in total. The summed E-state index contributed by atoms with van der Waals surface area (Å²) in [5.74, 6) is -1.26. The Morgan fingerprint density at radius 2 is 1.62 bits per heavy atom. The second kappa shape index (κ2) is 5.97. The first-order valence-electron chi connectivity index (χ1n) is 6.21. The van der Waals surface area contributed by atoms with E-state index in [1.54, 1.807) is 42.5 Å². The van der Waals surface area contributed by atoms with Crippen molar-refractivity contribution >= 4 is 21.7 Å². The smallest absolute Gasteiger partial charge is 0.232 e. The highest BCUT2D eigenvalue weighted by molar-refractivity contribution is 7.92. The summed E-state index contributed by atoms with van der Waals surface area (Å²) in [6.45, 7) is 0.135. The molecule has 0 fully saturated rings. The van der Waals surface area contributed by atoms with Gasteiger partial charge >= 0.3 is 0 Å². The first-order chi connectivity index (χ1) is 9.88. The van der Waals surface area contributed by atoms with E-state index >= 15 is 0 Å². The number of hydrogen-bond donors (Lipinski definition) is 0. The van der Waals surface area contributed by atoms with Crippen LogP contribution in [0.2, 0.25) is 0 Å². The summed E-state index contributed by atoms with van der Waals surface area (Å²) in [5.41, 5.74) is 1.31. The highest BCUT2D eigenvalue weighted by atomic mass is 32.2. The molecule has 2 aromatic carbocycles. The number of para-hydroxylation sites is 1. The second-order valence-corrected chi connectivity index (χ2v) is 6.50. The number of rotatable bonds is 5. The molecule has 0 atom stereocenters. The molecule has 0 saturated heterocycles. The number of sulfonamides is 1. The minimum absolute atomic E-state index is 0.0596. The lowest BCUT2D eigenvalue weighted by molar-refractivity contribution is -0.255. The van der Waals surface area contributed by atoms with Gasteiger partial charge in [-0.1, -0.05) is 42.5 Å². The zero-order chi connectivity index (χ0) is 15.5. The summed E-state index contributed by atoms with van der Waals surface area (Å²) < 4.78 is 25.1. The molecule has 6 heteroatoms. The molecule has 0 aliphatic carbocycles. The Morgan fingerprint density at radius 3 is 2.10 bits per heavy atom. The van der Waals surface area contributed by atoms with Gasteiger partial charge in [0.05, 0.1) is 24.5 Å². The molecule has 0 unspecified atom stereocenters. The van der Waals surface area contributed by atoms with Crippen LogP contribution in [0, 0.1) is 0 Å². The first kappa shape index (κ1) is 15.1. The highest BCUT2D eigenvalue weighted by Gasteiger charge is 2.17. The van der Waals surface area contributed by atoms with Crippen LogP contribution in [-0.4, -0.2) is 20.6 Å². The summed E-state index contributed by atoms with van der Waals surface area (Å²) in [4.78, 5) is 10.7. The van der Waals surface area contributed by atoms with E-state index in [0.29, 0.717) is 11.3 Å². The van der Waals surface area contributed by atoms with Crippen molar-refractivity contribution < 1.29 is 18.3 Å². The quantitative estimate of drug-likeness (QED) is 0.826. The van der Waals surface area contributed by atoms with Crippen LogP contribution in [0.25, 0.3) is 0 Å². The fraction of sp³-hybridized carbons (Fsp3) is 0.133. The van der Waals surface area contributed by atoms with Crippen molar-refractivity contribution in [1.29, 1.82) is 0 Å². The molecule has 0 bridgehead atoms. The predicted octanol–water partition coefficient (Wildman–Crippen LogP) is 1.02. The zero-order valence-corrected chi connectivity index (χ0v) is 12.2. The van der Waals surface area contributed by atoms with E-state index in [2.05, 4.69) is 0 Å². The van der Waals surface area contributed by atoms with E-state index in [-0.39, 0.29) is 12.1 Å². The lowest BCUT2D eigenvalue weighted by Gasteiger charge is -2.22. The van der Waals surface area contributed by atoms with E-state index in [1.807, 2.05) is 0 Å². The average Bonchev–Trinajstić information content (AvgIpc) is 2.45. The molecule has 21 heavy (non-hydrogen) atoms. The van der Waals surface area contributed by atoms with E-state index in [9.17, 15) is 18.3 Å². The number of carbonyl (C=O) groups is 1. The third kappa shape index (κ3) is 3.82. The average molecular weight is 304 g/mol. The molecule has 0 aliphatic rings. The summed E-state index contributed by atoms with van der Waals surface area (Å²) in [6, 6.07) is 14.7. The minimum atomic E-state index is -3.44. The van der Waals surface area contributed by atoms with Crippen LogP contribution in [0.4, 0.5) is 5.69 Å². The van der Waals surface area contributed by atoms with Crippen molar-refractivity contribution in [2.45, 2.75) is 6.54 Å². The van der Waals surface area contributed by atoms with E-state index in [0.717, 1.165) is 6.26 Å². The number of anilines is 1. The number of hydrogen-bond acceptors (Lipinski definition) is 4. The standard InChI is InChI=1S/C15H15NO4S/c1-21(19,20)16(14-5-3-2-4-6-14)11-12-7-9-13(10-8-12)15(17)18/h2-10H,11H2,1H3,(H,17,18)/p-1. The Hall–Kier alpha value is -2.34. The molecule has 0 radical (unpaired) electrons. The molecule has 2 aromatic rings. The Labute approximate surface area is 123 Å². The summed E-state index contributed by atoms with van der Waals surface area (Å²) in [6.07, 6.45) is 1.13. The van der Waals surface area contributed by atoms with Crippen LogP contribution in [-0.2, 0) is 16.6 Å². The Morgan fingerprint density at radius 1 is 1.05 bits per heavy atom. The number of carboxylic acid groups (broad SMARTS) is 1. The highest BCUT2D eigenvalue weighted by Crippen LogP contribution is 2.20. The van der Waals surface area contributed by atoms with Gasteiger partial charge in [0, 0.05) is 0 Å². The molecule has 2 rings (SSSR count). The zero-order valence-electron chi connectivity index (χ0n) is 11.4. The molecule has 0 amide bonds. The lowest BCUT2D eigenvalue weighted by Crippen LogP contribution is -2.29. The fourth-order valence-electron chi connectivity index (χ4n) is 1.91. The maximum Gasteiger partial charge on any atom is 0.232 e.